The van der Waals surface area contributed by atoms with Gasteiger partial charge >= 0.3 is 5.97 Å². The van der Waals surface area contributed by atoms with Gasteiger partial charge in [0.25, 0.3) is 0 Å². The Morgan fingerprint density at radius 3 is 2.73 bits per heavy atom. The number of benzene rings is 1. The van der Waals surface area contributed by atoms with Crippen molar-refractivity contribution in [3.8, 4) is 0 Å². The molecule has 0 spiro atoms. The second-order valence-corrected chi connectivity index (χ2v) is 6.36. The molecule has 0 aliphatic carbocycles. The van der Waals surface area contributed by atoms with E-state index in [1.165, 1.54) is 12.4 Å². The van der Waals surface area contributed by atoms with Gasteiger partial charge in [-0.05, 0) is 12.1 Å². The largest absolute Gasteiger partial charge is 0.481 e. The van der Waals surface area contributed by atoms with Gasteiger partial charge < -0.3 is 14.8 Å². The van der Waals surface area contributed by atoms with E-state index < -0.39 is 16.8 Å². The second-order valence-electron chi connectivity index (χ2n) is 4.90. The van der Waals surface area contributed by atoms with Crippen molar-refractivity contribution in [2.75, 3.05) is 0 Å². The Balaban J connectivity index is 2.45. The SMILES string of the molecule is O=C(O)CC(S)C(O)(Cn1ccnc1)c1ccc(Cl)cc1Cl. The molecule has 0 fully saturated rings. The molecule has 1 aromatic heterocycles. The zero-order chi connectivity index (χ0) is 16.3. The quantitative estimate of drug-likeness (QED) is 0.692. The van der Waals surface area contributed by atoms with Crippen molar-refractivity contribution in [3.63, 3.8) is 0 Å². The first-order valence-electron chi connectivity index (χ1n) is 6.36. The molecule has 2 unspecified atom stereocenters. The van der Waals surface area contributed by atoms with E-state index in [4.69, 9.17) is 28.3 Å². The standard InChI is InChI=1S/C14H14Cl2N2O3S/c15-9-1-2-10(11(16)5-9)14(21,12(22)6-13(19)20)7-18-4-3-17-8-18/h1-5,8,12,21-22H,6-7H2,(H,19,20). The third-order valence-corrected chi connectivity index (χ3v) is 4.46. The third kappa shape index (κ3) is 3.76. The molecule has 1 aromatic carbocycles. The minimum Gasteiger partial charge on any atom is -0.481 e. The Labute approximate surface area is 142 Å². The van der Waals surface area contributed by atoms with E-state index in [1.54, 1.807) is 29.1 Å². The number of hydrogen-bond acceptors (Lipinski definition) is 4. The zero-order valence-electron chi connectivity index (χ0n) is 11.4. The van der Waals surface area contributed by atoms with Crippen molar-refractivity contribution < 1.29 is 15.0 Å². The Kier molecular flexibility index (Phi) is 5.39. The van der Waals surface area contributed by atoms with Gasteiger partial charge in [0.2, 0.25) is 0 Å². The molecule has 0 radical (unpaired) electrons. The van der Waals surface area contributed by atoms with Gasteiger partial charge in [0.1, 0.15) is 5.60 Å². The van der Waals surface area contributed by atoms with Crippen molar-refractivity contribution in [1.29, 1.82) is 0 Å². The Morgan fingerprint density at radius 2 is 2.18 bits per heavy atom. The van der Waals surface area contributed by atoms with Crippen LogP contribution in [0.15, 0.2) is 36.9 Å². The maximum absolute atomic E-state index is 11.1. The molecule has 2 atom stereocenters. The number of nitrogens with zero attached hydrogens (tertiary/aromatic N) is 2. The van der Waals surface area contributed by atoms with Crippen LogP contribution < -0.4 is 0 Å². The monoisotopic (exact) mass is 360 g/mol. The molecule has 2 rings (SSSR count). The van der Waals surface area contributed by atoms with Crippen LogP contribution in [0, 0.1) is 0 Å². The number of carbonyl (C=O) groups is 1. The fraction of sp³-hybridized carbons (Fsp3) is 0.286. The lowest BCUT2D eigenvalue weighted by Gasteiger charge is -2.34. The average Bonchev–Trinajstić information content (AvgIpc) is 2.90. The van der Waals surface area contributed by atoms with Crippen LogP contribution in [-0.2, 0) is 16.9 Å². The first-order chi connectivity index (χ1) is 10.3. The molecule has 8 heteroatoms. The van der Waals surface area contributed by atoms with Crippen molar-refractivity contribution in [3.05, 3.63) is 52.5 Å². The highest BCUT2D eigenvalue weighted by Crippen LogP contribution is 2.37. The van der Waals surface area contributed by atoms with Gasteiger partial charge in [-0.2, -0.15) is 12.6 Å². The number of carboxylic acids is 1. The van der Waals surface area contributed by atoms with Crippen LogP contribution in [0.25, 0.3) is 0 Å². The molecule has 0 aliphatic rings. The van der Waals surface area contributed by atoms with E-state index in [2.05, 4.69) is 17.6 Å². The van der Waals surface area contributed by atoms with Gasteiger partial charge in [-0.15, -0.1) is 0 Å². The lowest BCUT2D eigenvalue weighted by atomic mass is 9.88. The summed E-state index contributed by atoms with van der Waals surface area (Å²) in [6.45, 7) is 0.0653. The fourth-order valence-corrected chi connectivity index (χ4v) is 3.15. The number of aliphatic carboxylic acids is 1. The van der Waals surface area contributed by atoms with E-state index in [0.29, 0.717) is 10.6 Å². The summed E-state index contributed by atoms with van der Waals surface area (Å²) in [6.07, 6.45) is 4.42. The molecule has 22 heavy (non-hydrogen) atoms. The van der Waals surface area contributed by atoms with Crippen molar-refractivity contribution in [2.24, 2.45) is 0 Å². The van der Waals surface area contributed by atoms with Crippen LogP contribution in [0.3, 0.4) is 0 Å². The van der Waals surface area contributed by atoms with Crippen LogP contribution in [0.2, 0.25) is 10.0 Å². The molecular weight excluding hydrogens is 347 g/mol. The van der Waals surface area contributed by atoms with E-state index in [0.717, 1.165) is 0 Å². The van der Waals surface area contributed by atoms with Gasteiger partial charge in [0.15, 0.2) is 0 Å². The molecule has 2 aromatic rings. The molecular formula is C14H14Cl2N2O3S. The summed E-state index contributed by atoms with van der Waals surface area (Å²) < 4.78 is 1.63. The summed E-state index contributed by atoms with van der Waals surface area (Å²) in [7, 11) is 0. The Morgan fingerprint density at radius 1 is 1.45 bits per heavy atom. The van der Waals surface area contributed by atoms with E-state index in [9.17, 15) is 9.90 Å². The van der Waals surface area contributed by atoms with Gasteiger partial charge in [-0.1, -0.05) is 29.3 Å². The number of hydrogen-bond donors (Lipinski definition) is 3. The van der Waals surface area contributed by atoms with Gasteiger partial charge in [-0.25, -0.2) is 4.98 Å². The zero-order valence-corrected chi connectivity index (χ0v) is 13.8. The Bertz CT molecular complexity index is 666. The lowest BCUT2D eigenvalue weighted by Crippen LogP contribution is -2.41. The fourth-order valence-electron chi connectivity index (χ4n) is 2.20. The third-order valence-electron chi connectivity index (χ3n) is 3.30. The minimum atomic E-state index is -1.59. The molecule has 118 valence electrons. The van der Waals surface area contributed by atoms with Crippen molar-refractivity contribution in [1.82, 2.24) is 9.55 Å². The number of halogens is 2. The molecule has 2 N–H and O–H groups in total. The topological polar surface area (TPSA) is 75.3 Å². The first kappa shape index (κ1) is 17.1. The molecule has 0 aliphatic heterocycles. The molecule has 0 bridgehead atoms. The molecule has 0 saturated heterocycles. The normalized spacial score (nSPS) is 15.3. The smallest absolute Gasteiger partial charge is 0.304 e. The Hall–Kier alpha value is -1.21. The van der Waals surface area contributed by atoms with Crippen LogP contribution >= 0.6 is 35.8 Å². The predicted molar refractivity (Wildman–Crippen MR) is 87.6 cm³/mol. The van der Waals surface area contributed by atoms with Gasteiger partial charge in [0.05, 0.1) is 19.3 Å². The van der Waals surface area contributed by atoms with Crippen LogP contribution in [0.5, 0.6) is 0 Å². The second kappa shape index (κ2) is 6.91. The number of aliphatic hydroxyl groups is 1. The summed E-state index contributed by atoms with van der Waals surface area (Å²) in [5.41, 5.74) is -1.22. The van der Waals surface area contributed by atoms with Crippen LogP contribution in [0.1, 0.15) is 12.0 Å². The summed E-state index contributed by atoms with van der Waals surface area (Å²) >= 11 is 16.4. The average molecular weight is 361 g/mol. The van der Waals surface area contributed by atoms with Crippen molar-refractivity contribution in [2.45, 2.75) is 23.8 Å². The number of thiol groups is 1. The number of carboxylic acid groups (broad SMARTS) is 1. The van der Waals surface area contributed by atoms with E-state index in [1.807, 2.05) is 0 Å². The van der Waals surface area contributed by atoms with E-state index >= 15 is 0 Å². The summed E-state index contributed by atoms with van der Waals surface area (Å²) in [4.78, 5) is 14.9. The van der Waals surface area contributed by atoms with Crippen LogP contribution in [-0.4, -0.2) is 31.0 Å². The predicted octanol–water partition coefficient (Wildman–Crippen LogP) is 2.85. The highest BCUT2D eigenvalue weighted by Gasteiger charge is 2.39. The number of imidazole rings is 1. The summed E-state index contributed by atoms with van der Waals surface area (Å²) in [5, 5.41) is 19.9. The molecule has 0 amide bonds. The molecule has 5 nitrogen and oxygen atoms in total. The highest BCUT2D eigenvalue weighted by atomic mass is 35.5. The maximum Gasteiger partial charge on any atom is 0.304 e. The number of aromatic nitrogens is 2. The molecule has 0 saturated carbocycles. The lowest BCUT2D eigenvalue weighted by molar-refractivity contribution is -0.138. The minimum absolute atomic E-state index is 0.0653. The van der Waals surface area contributed by atoms with Gasteiger partial charge in [0, 0.05) is 33.3 Å². The summed E-state index contributed by atoms with van der Waals surface area (Å²) in [5.74, 6) is -1.06. The van der Waals surface area contributed by atoms with Gasteiger partial charge in [-0.3, -0.25) is 4.79 Å². The highest BCUT2D eigenvalue weighted by molar-refractivity contribution is 7.81. The number of rotatable bonds is 6. The van der Waals surface area contributed by atoms with Crippen LogP contribution in [0.4, 0.5) is 0 Å². The van der Waals surface area contributed by atoms with E-state index in [-0.39, 0.29) is 18.0 Å². The van der Waals surface area contributed by atoms with Crippen molar-refractivity contribution >= 4 is 41.8 Å². The molecule has 1 heterocycles. The maximum atomic E-state index is 11.1. The summed E-state index contributed by atoms with van der Waals surface area (Å²) in [6, 6.07) is 4.66. The first-order valence-corrected chi connectivity index (χ1v) is 7.63.